The second-order valence-electron chi connectivity index (χ2n) is 3.54. The van der Waals surface area contributed by atoms with Crippen LogP contribution in [0, 0.1) is 0 Å². The van der Waals surface area contributed by atoms with Gasteiger partial charge in [0.05, 0.1) is 6.04 Å². The number of H-pyrrole nitrogens is 1. The number of rotatable bonds is 3. The molecule has 0 fully saturated rings. The lowest BCUT2D eigenvalue weighted by atomic mass is 10.1. The molecule has 84 valence electrons. The fraction of sp³-hybridized carbons (Fsp3) is 0.273. The van der Waals surface area contributed by atoms with Crippen molar-refractivity contribution in [1.29, 1.82) is 0 Å². The highest BCUT2D eigenvalue weighted by atomic mass is 16.1. The first-order chi connectivity index (χ1) is 7.72. The van der Waals surface area contributed by atoms with E-state index in [9.17, 15) is 4.79 Å². The van der Waals surface area contributed by atoms with Gasteiger partial charge in [-0.05, 0) is 18.6 Å². The molecule has 2 aromatic rings. The van der Waals surface area contributed by atoms with Crippen molar-refractivity contribution in [3.8, 4) is 0 Å². The highest BCUT2D eigenvalue weighted by Gasteiger charge is 2.14. The first-order valence-corrected chi connectivity index (χ1v) is 5.17. The maximum Gasteiger partial charge on any atom is 0.248 e. The predicted molar refractivity (Wildman–Crippen MR) is 61.0 cm³/mol. The van der Waals surface area contributed by atoms with Crippen LogP contribution in [-0.2, 0) is 6.54 Å². The predicted octanol–water partition coefficient (Wildman–Crippen LogP) is 0.639. The van der Waals surface area contributed by atoms with E-state index >= 15 is 0 Å². The minimum atomic E-state index is -0.364. The van der Waals surface area contributed by atoms with Gasteiger partial charge in [0.2, 0.25) is 5.56 Å². The van der Waals surface area contributed by atoms with Crippen molar-refractivity contribution in [3.05, 3.63) is 52.5 Å². The van der Waals surface area contributed by atoms with E-state index in [0.717, 1.165) is 17.9 Å². The van der Waals surface area contributed by atoms with E-state index in [1.807, 2.05) is 17.7 Å². The lowest BCUT2D eigenvalue weighted by Gasteiger charge is -2.12. The normalized spacial score (nSPS) is 12.6. The van der Waals surface area contributed by atoms with Gasteiger partial charge in [0, 0.05) is 31.2 Å². The summed E-state index contributed by atoms with van der Waals surface area (Å²) in [5.41, 5.74) is 6.69. The van der Waals surface area contributed by atoms with Gasteiger partial charge in [-0.3, -0.25) is 4.79 Å². The SMILES string of the molecule is CCn1ccnc1C(N)c1cc[nH]c(=O)c1. The second-order valence-corrected chi connectivity index (χ2v) is 3.54. The molecular formula is C11H14N4O. The average Bonchev–Trinajstić information content (AvgIpc) is 2.76. The number of nitrogens with two attached hydrogens (primary N) is 1. The zero-order valence-electron chi connectivity index (χ0n) is 9.05. The van der Waals surface area contributed by atoms with Crippen LogP contribution in [0.5, 0.6) is 0 Å². The summed E-state index contributed by atoms with van der Waals surface area (Å²) in [5.74, 6) is 0.771. The molecule has 0 aromatic carbocycles. The fourth-order valence-electron chi connectivity index (χ4n) is 1.67. The van der Waals surface area contributed by atoms with E-state index in [1.54, 1.807) is 18.5 Å². The number of imidazole rings is 1. The quantitative estimate of drug-likeness (QED) is 0.793. The Morgan fingerprint density at radius 1 is 1.62 bits per heavy atom. The van der Waals surface area contributed by atoms with Crippen molar-refractivity contribution in [2.75, 3.05) is 0 Å². The number of hydrogen-bond donors (Lipinski definition) is 2. The van der Waals surface area contributed by atoms with Crippen LogP contribution in [-0.4, -0.2) is 14.5 Å². The lowest BCUT2D eigenvalue weighted by Crippen LogP contribution is -2.19. The molecule has 0 radical (unpaired) electrons. The summed E-state index contributed by atoms with van der Waals surface area (Å²) in [6.07, 6.45) is 5.19. The van der Waals surface area contributed by atoms with Gasteiger partial charge in [-0.1, -0.05) is 0 Å². The number of nitrogens with one attached hydrogen (secondary N) is 1. The Morgan fingerprint density at radius 2 is 2.44 bits per heavy atom. The van der Waals surface area contributed by atoms with Crippen molar-refractivity contribution in [1.82, 2.24) is 14.5 Å². The van der Waals surface area contributed by atoms with E-state index < -0.39 is 0 Å². The molecule has 2 rings (SSSR count). The van der Waals surface area contributed by atoms with Gasteiger partial charge in [-0.25, -0.2) is 4.98 Å². The number of aryl methyl sites for hydroxylation is 1. The first kappa shape index (κ1) is 10.6. The number of aromatic nitrogens is 3. The Bertz CT molecular complexity index is 529. The zero-order chi connectivity index (χ0) is 11.5. The molecule has 0 spiro atoms. The standard InChI is InChI=1S/C11H14N4O/c1-2-15-6-5-14-11(15)10(12)8-3-4-13-9(16)7-8/h3-7,10H,2,12H2,1H3,(H,13,16). The van der Waals surface area contributed by atoms with Gasteiger partial charge < -0.3 is 15.3 Å². The van der Waals surface area contributed by atoms with Gasteiger partial charge >= 0.3 is 0 Å². The smallest absolute Gasteiger partial charge is 0.248 e. The topological polar surface area (TPSA) is 76.7 Å². The minimum absolute atomic E-state index is 0.150. The molecule has 2 heterocycles. The van der Waals surface area contributed by atoms with Crippen molar-refractivity contribution in [3.63, 3.8) is 0 Å². The van der Waals surface area contributed by atoms with E-state index in [1.165, 1.54) is 6.07 Å². The Labute approximate surface area is 92.9 Å². The summed E-state index contributed by atoms with van der Waals surface area (Å²) in [6.45, 7) is 2.84. The third-order valence-corrected chi connectivity index (χ3v) is 2.52. The fourth-order valence-corrected chi connectivity index (χ4v) is 1.67. The molecule has 0 aliphatic rings. The first-order valence-electron chi connectivity index (χ1n) is 5.17. The van der Waals surface area contributed by atoms with Crippen molar-refractivity contribution < 1.29 is 0 Å². The summed E-state index contributed by atoms with van der Waals surface area (Å²) in [7, 11) is 0. The zero-order valence-corrected chi connectivity index (χ0v) is 9.05. The third-order valence-electron chi connectivity index (χ3n) is 2.52. The Balaban J connectivity index is 2.39. The van der Waals surface area contributed by atoms with Crippen LogP contribution in [0.4, 0.5) is 0 Å². The van der Waals surface area contributed by atoms with Gasteiger partial charge in [-0.15, -0.1) is 0 Å². The maximum absolute atomic E-state index is 11.2. The largest absolute Gasteiger partial charge is 0.334 e. The molecule has 0 saturated heterocycles. The minimum Gasteiger partial charge on any atom is -0.334 e. The lowest BCUT2D eigenvalue weighted by molar-refractivity contribution is 0.656. The average molecular weight is 218 g/mol. The van der Waals surface area contributed by atoms with Crippen LogP contribution in [0.2, 0.25) is 0 Å². The summed E-state index contributed by atoms with van der Waals surface area (Å²) in [6, 6.07) is 2.93. The van der Waals surface area contributed by atoms with Crippen molar-refractivity contribution in [2.45, 2.75) is 19.5 Å². The van der Waals surface area contributed by atoms with Crippen LogP contribution < -0.4 is 11.3 Å². The van der Waals surface area contributed by atoms with E-state index in [0.29, 0.717) is 0 Å². The molecule has 5 heteroatoms. The van der Waals surface area contributed by atoms with Crippen LogP contribution in [0.3, 0.4) is 0 Å². The van der Waals surface area contributed by atoms with Gasteiger partial charge in [-0.2, -0.15) is 0 Å². The summed E-state index contributed by atoms with van der Waals surface area (Å²) < 4.78 is 1.96. The number of pyridine rings is 1. The van der Waals surface area contributed by atoms with Crippen LogP contribution in [0.15, 0.2) is 35.5 Å². The Morgan fingerprint density at radius 3 is 3.12 bits per heavy atom. The van der Waals surface area contributed by atoms with Gasteiger partial charge in [0.15, 0.2) is 0 Å². The monoisotopic (exact) mass is 218 g/mol. The molecule has 0 bridgehead atoms. The number of nitrogens with zero attached hydrogens (tertiary/aromatic N) is 2. The molecule has 1 atom stereocenters. The molecule has 16 heavy (non-hydrogen) atoms. The highest BCUT2D eigenvalue weighted by Crippen LogP contribution is 2.15. The molecule has 0 saturated carbocycles. The van der Waals surface area contributed by atoms with Crippen molar-refractivity contribution >= 4 is 0 Å². The molecule has 1 unspecified atom stereocenters. The van der Waals surface area contributed by atoms with Gasteiger partial charge in [0.1, 0.15) is 5.82 Å². The van der Waals surface area contributed by atoms with Gasteiger partial charge in [0.25, 0.3) is 0 Å². The molecule has 0 aliphatic heterocycles. The van der Waals surface area contributed by atoms with Crippen LogP contribution in [0.1, 0.15) is 24.4 Å². The summed E-state index contributed by atoms with van der Waals surface area (Å²) >= 11 is 0. The molecular weight excluding hydrogens is 204 g/mol. The maximum atomic E-state index is 11.2. The molecule has 3 N–H and O–H groups in total. The highest BCUT2D eigenvalue weighted by molar-refractivity contribution is 5.22. The molecule has 0 aliphatic carbocycles. The number of aromatic amines is 1. The molecule has 5 nitrogen and oxygen atoms in total. The van der Waals surface area contributed by atoms with Crippen LogP contribution >= 0.6 is 0 Å². The van der Waals surface area contributed by atoms with Crippen LogP contribution in [0.25, 0.3) is 0 Å². The molecule has 0 amide bonds. The number of hydrogen-bond acceptors (Lipinski definition) is 3. The third kappa shape index (κ3) is 1.90. The summed E-state index contributed by atoms with van der Waals surface area (Å²) in [4.78, 5) is 18.0. The Kier molecular flexibility index (Phi) is 2.87. The van der Waals surface area contributed by atoms with E-state index in [2.05, 4.69) is 9.97 Å². The van der Waals surface area contributed by atoms with E-state index in [-0.39, 0.29) is 11.6 Å². The second kappa shape index (κ2) is 4.32. The Hall–Kier alpha value is -1.88. The summed E-state index contributed by atoms with van der Waals surface area (Å²) in [5, 5.41) is 0. The molecule has 2 aromatic heterocycles. The van der Waals surface area contributed by atoms with E-state index in [4.69, 9.17) is 5.73 Å². The van der Waals surface area contributed by atoms with Crippen molar-refractivity contribution in [2.24, 2.45) is 5.73 Å².